The van der Waals surface area contributed by atoms with Crippen molar-refractivity contribution < 1.29 is 9.53 Å². The summed E-state index contributed by atoms with van der Waals surface area (Å²) >= 11 is 0. The van der Waals surface area contributed by atoms with Crippen LogP contribution in [0, 0.1) is 13.8 Å². The summed E-state index contributed by atoms with van der Waals surface area (Å²) in [5, 5.41) is 0. The predicted octanol–water partition coefficient (Wildman–Crippen LogP) is 1.23. The van der Waals surface area contributed by atoms with E-state index in [4.69, 9.17) is 4.74 Å². The molecule has 152 valence electrons. The zero-order chi connectivity index (χ0) is 20.9. The second-order valence-electron chi connectivity index (χ2n) is 7.22. The fourth-order valence-corrected chi connectivity index (χ4v) is 3.79. The highest BCUT2D eigenvalue weighted by atomic mass is 16.5. The highest BCUT2D eigenvalue weighted by Gasteiger charge is 2.29. The highest BCUT2D eigenvalue weighted by molar-refractivity contribution is 5.79. The number of anilines is 2. The molecule has 3 heterocycles. The van der Waals surface area contributed by atoms with Gasteiger partial charge >= 0.3 is 11.7 Å². The maximum absolute atomic E-state index is 13.1. The van der Waals surface area contributed by atoms with E-state index in [9.17, 15) is 14.4 Å². The molecule has 0 N–H and O–H groups in total. The SMILES string of the molecule is CCOC(=O)Cn1c(=O)c2c(nc3n2CCN3c2cc(C)ccc2C)n(C)c1=O. The third-order valence-electron chi connectivity index (χ3n) is 5.25. The van der Waals surface area contributed by atoms with Crippen molar-refractivity contribution in [1.29, 1.82) is 0 Å². The first-order valence-electron chi connectivity index (χ1n) is 9.54. The smallest absolute Gasteiger partial charge is 0.333 e. The van der Waals surface area contributed by atoms with Crippen molar-refractivity contribution in [3.05, 3.63) is 50.2 Å². The number of fused-ring (bicyclic) bond motifs is 3. The fraction of sp³-hybridized carbons (Fsp3) is 0.400. The van der Waals surface area contributed by atoms with Crippen LogP contribution in [0.1, 0.15) is 18.1 Å². The number of rotatable bonds is 4. The second kappa shape index (κ2) is 6.91. The summed E-state index contributed by atoms with van der Waals surface area (Å²) in [5.74, 6) is -0.00101. The summed E-state index contributed by atoms with van der Waals surface area (Å²) in [6.07, 6.45) is 0. The number of hydrogen-bond donors (Lipinski definition) is 0. The first-order valence-corrected chi connectivity index (χ1v) is 9.54. The Morgan fingerprint density at radius 1 is 1.21 bits per heavy atom. The standard InChI is InChI=1S/C20H23N5O4/c1-5-29-15(26)11-25-18(27)16-17(22(4)20(25)28)21-19-23(8-9-24(16)19)14-10-12(2)6-7-13(14)3/h6-7,10H,5,8-9,11H2,1-4H3. The molecule has 0 spiro atoms. The predicted molar refractivity (Wildman–Crippen MR) is 109 cm³/mol. The third kappa shape index (κ3) is 2.93. The van der Waals surface area contributed by atoms with Gasteiger partial charge in [-0.2, -0.15) is 4.98 Å². The zero-order valence-corrected chi connectivity index (χ0v) is 16.9. The molecular formula is C20H23N5O4. The summed E-state index contributed by atoms with van der Waals surface area (Å²) in [5.41, 5.74) is 2.76. The Morgan fingerprint density at radius 2 is 1.97 bits per heavy atom. The number of nitrogens with zero attached hydrogens (tertiary/aromatic N) is 5. The molecule has 0 aliphatic carbocycles. The van der Waals surface area contributed by atoms with Crippen LogP contribution >= 0.6 is 0 Å². The average Bonchev–Trinajstić information content (AvgIpc) is 3.25. The Balaban J connectivity index is 1.90. The van der Waals surface area contributed by atoms with Crippen molar-refractivity contribution in [2.24, 2.45) is 7.05 Å². The minimum Gasteiger partial charge on any atom is -0.465 e. The van der Waals surface area contributed by atoms with E-state index in [2.05, 4.69) is 28.1 Å². The van der Waals surface area contributed by atoms with Crippen molar-refractivity contribution in [2.45, 2.75) is 33.9 Å². The number of benzene rings is 1. The van der Waals surface area contributed by atoms with E-state index in [0.717, 1.165) is 21.4 Å². The van der Waals surface area contributed by atoms with Crippen LogP contribution in [-0.4, -0.2) is 37.8 Å². The Hall–Kier alpha value is -3.36. The van der Waals surface area contributed by atoms with E-state index in [1.165, 1.54) is 4.57 Å². The number of carbonyl (C=O) groups excluding carboxylic acids is 1. The minimum atomic E-state index is -0.621. The van der Waals surface area contributed by atoms with Crippen molar-refractivity contribution >= 4 is 28.8 Å². The number of ether oxygens (including phenoxy) is 1. The molecule has 1 aliphatic heterocycles. The first-order chi connectivity index (χ1) is 13.8. The molecule has 0 atom stereocenters. The molecule has 9 nitrogen and oxygen atoms in total. The Bertz CT molecular complexity index is 1250. The number of aryl methyl sites for hydroxylation is 3. The summed E-state index contributed by atoms with van der Waals surface area (Å²) in [6.45, 7) is 6.73. The Kier molecular flexibility index (Phi) is 4.52. The summed E-state index contributed by atoms with van der Waals surface area (Å²) in [4.78, 5) is 44.3. The Labute approximate surface area is 166 Å². The lowest BCUT2D eigenvalue weighted by molar-refractivity contribution is -0.143. The molecule has 0 radical (unpaired) electrons. The van der Waals surface area contributed by atoms with Crippen LogP contribution in [0.25, 0.3) is 11.2 Å². The van der Waals surface area contributed by atoms with Crippen LogP contribution in [0.3, 0.4) is 0 Å². The lowest BCUT2D eigenvalue weighted by Crippen LogP contribution is -2.41. The van der Waals surface area contributed by atoms with Crippen molar-refractivity contribution in [1.82, 2.24) is 18.7 Å². The van der Waals surface area contributed by atoms with Gasteiger partial charge in [0.25, 0.3) is 5.56 Å². The van der Waals surface area contributed by atoms with Crippen LogP contribution in [0.15, 0.2) is 27.8 Å². The number of imidazole rings is 1. The normalized spacial score (nSPS) is 13.2. The topological polar surface area (TPSA) is 91.4 Å². The number of esters is 1. The first kappa shape index (κ1) is 19.0. The van der Waals surface area contributed by atoms with E-state index in [-0.39, 0.29) is 6.61 Å². The molecule has 0 amide bonds. The molecule has 0 fully saturated rings. The molecule has 2 aromatic heterocycles. The van der Waals surface area contributed by atoms with E-state index >= 15 is 0 Å². The van der Waals surface area contributed by atoms with Crippen molar-refractivity contribution in [3.8, 4) is 0 Å². The average molecular weight is 397 g/mol. The summed E-state index contributed by atoms with van der Waals surface area (Å²) in [7, 11) is 1.55. The van der Waals surface area contributed by atoms with Gasteiger partial charge in [-0.15, -0.1) is 0 Å². The van der Waals surface area contributed by atoms with Crippen LogP contribution < -0.4 is 16.1 Å². The van der Waals surface area contributed by atoms with Gasteiger partial charge in [0, 0.05) is 25.8 Å². The van der Waals surface area contributed by atoms with Crippen LogP contribution in [0.4, 0.5) is 11.6 Å². The molecule has 0 saturated carbocycles. The maximum atomic E-state index is 13.1. The Morgan fingerprint density at radius 3 is 2.69 bits per heavy atom. The third-order valence-corrected chi connectivity index (χ3v) is 5.25. The maximum Gasteiger partial charge on any atom is 0.333 e. The molecule has 29 heavy (non-hydrogen) atoms. The molecule has 0 bridgehead atoms. The van der Waals surface area contributed by atoms with E-state index < -0.39 is 23.8 Å². The van der Waals surface area contributed by atoms with Gasteiger partial charge in [0.2, 0.25) is 5.95 Å². The largest absolute Gasteiger partial charge is 0.465 e. The number of aromatic nitrogens is 4. The van der Waals surface area contributed by atoms with E-state index in [0.29, 0.717) is 30.2 Å². The van der Waals surface area contributed by atoms with Gasteiger partial charge in [0.1, 0.15) is 6.54 Å². The lowest BCUT2D eigenvalue weighted by Gasteiger charge is -2.19. The van der Waals surface area contributed by atoms with E-state index in [1.54, 1.807) is 14.0 Å². The quantitative estimate of drug-likeness (QED) is 0.615. The van der Waals surface area contributed by atoms with Gasteiger partial charge in [-0.1, -0.05) is 12.1 Å². The highest BCUT2D eigenvalue weighted by Crippen LogP contribution is 2.34. The molecule has 0 unspecified atom stereocenters. The molecule has 3 aromatic rings. The van der Waals surface area contributed by atoms with Crippen molar-refractivity contribution in [2.75, 3.05) is 18.1 Å². The molecule has 1 aliphatic rings. The minimum absolute atomic E-state index is 0.184. The van der Waals surface area contributed by atoms with Gasteiger partial charge in [0.15, 0.2) is 11.2 Å². The van der Waals surface area contributed by atoms with Crippen molar-refractivity contribution in [3.63, 3.8) is 0 Å². The van der Waals surface area contributed by atoms with Gasteiger partial charge in [-0.05, 0) is 38.0 Å². The second-order valence-corrected chi connectivity index (χ2v) is 7.22. The number of carbonyl (C=O) groups is 1. The molecular weight excluding hydrogens is 374 g/mol. The van der Waals surface area contributed by atoms with Gasteiger partial charge in [0.05, 0.1) is 6.61 Å². The zero-order valence-electron chi connectivity index (χ0n) is 16.9. The summed E-state index contributed by atoms with van der Waals surface area (Å²) in [6, 6.07) is 6.19. The monoisotopic (exact) mass is 397 g/mol. The van der Waals surface area contributed by atoms with Crippen LogP contribution in [-0.2, 0) is 29.7 Å². The van der Waals surface area contributed by atoms with E-state index in [1.807, 2.05) is 18.4 Å². The van der Waals surface area contributed by atoms with Crippen LogP contribution in [0.5, 0.6) is 0 Å². The fourth-order valence-electron chi connectivity index (χ4n) is 3.79. The molecule has 0 saturated heterocycles. The molecule has 1 aromatic carbocycles. The van der Waals surface area contributed by atoms with Gasteiger partial charge in [-0.25, -0.2) is 9.36 Å². The molecule has 9 heteroatoms. The summed E-state index contributed by atoms with van der Waals surface area (Å²) < 4.78 is 8.94. The molecule has 4 rings (SSSR count). The van der Waals surface area contributed by atoms with Crippen LogP contribution in [0.2, 0.25) is 0 Å². The van der Waals surface area contributed by atoms with Gasteiger partial charge < -0.3 is 14.2 Å². The van der Waals surface area contributed by atoms with Gasteiger partial charge in [-0.3, -0.25) is 14.2 Å². The lowest BCUT2D eigenvalue weighted by atomic mass is 10.1. The number of hydrogen-bond acceptors (Lipinski definition) is 6.